The molecular formula is C13H18FeSi. The minimum Gasteiger partial charge on any atom is -0.214 e. The molecule has 0 saturated carbocycles. The number of hydrogen-bond donors (Lipinski definition) is 0. The van der Waals surface area contributed by atoms with Crippen molar-refractivity contribution in [3.8, 4) is 0 Å². The zero-order valence-electron chi connectivity index (χ0n) is 9.55. The normalized spacial score (nSPS) is 9.80. The Morgan fingerprint density at radius 3 is 1.73 bits per heavy atom. The van der Waals surface area contributed by atoms with Crippen LogP contribution in [0, 0.1) is 0 Å². The molecule has 2 aromatic carbocycles. The van der Waals surface area contributed by atoms with Crippen LogP contribution in [0.1, 0.15) is 0 Å². The molecule has 0 radical (unpaired) electrons. The van der Waals surface area contributed by atoms with Gasteiger partial charge in [-0.2, -0.15) is 35.5 Å². The summed E-state index contributed by atoms with van der Waals surface area (Å²) < 4.78 is 0. The fourth-order valence-electron chi connectivity index (χ4n) is 1.19. The molecule has 0 nitrogen and oxygen atoms in total. The first-order chi connectivity index (χ1) is 6.61. The van der Waals surface area contributed by atoms with E-state index in [2.05, 4.69) is 43.9 Å². The molecule has 2 rings (SSSR count). The third-order valence-electron chi connectivity index (χ3n) is 2.08. The minimum atomic E-state index is -0.981. The number of hydrogen-bond acceptors (Lipinski definition) is 0. The monoisotopic (exact) mass is 258 g/mol. The molecule has 0 bridgehead atoms. The van der Waals surface area contributed by atoms with Crippen LogP contribution in [-0.2, 0) is 17.1 Å². The summed E-state index contributed by atoms with van der Waals surface area (Å²) in [6.45, 7) is 7.09. The maximum atomic E-state index is 2.36. The van der Waals surface area contributed by atoms with Crippen molar-refractivity contribution < 1.29 is 17.1 Å². The Morgan fingerprint density at radius 1 is 0.933 bits per heavy atom. The smallest absolute Gasteiger partial charge is 0.214 e. The molecule has 15 heavy (non-hydrogen) atoms. The molecule has 0 atom stereocenters. The summed E-state index contributed by atoms with van der Waals surface area (Å²) in [7, 11) is -0.981. The van der Waals surface area contributed by atoms with Crippen LogP contribution in [0.3, 0.4) is 0 Å². The average molecular weight is 258 g/mol. The van der Waals surface area contributed by atoms with Crippen LogP contribution >= 0.6 is 0 Å². The van der Waals surface area contributed by atoms with Crippen LogP contribution in [0.2, 0.25) is 19.6 Å². The van der Waals surface area contributed by atoms with Gasteiger partial charge in [0.15, 0.2) is 0 Å². The van der Waals surface area contributed by atoms with Gasteiger partial charge in [0.05, 0.1) is 8.07 Å². The van der Waals surface area contributed by atoms with E-state index in [0.717, 1.165) is 0 Å². The van der Waals surface area contributed by atoms with Gasteiger partial charge in [-0.05, 0) is 0 Å². The van der Waals surface area contributed by atoms with Crippen LogP contribution in [0.15, 0.2) is 54.6 Å². The average Bonchev–Trinajstić information content (AvgIpc) is 2.80. The van der Waals surface area contributed by atoms with Gasteiger partial charge in [-0.1, -0.05) is 19.6 Å². The summed E-state index contributed by atoms with van der Waals surface area (Å²) in [6, 6.07) is 18.7. The van der Waals surface area contributed by atoms with Gasteiger partial charge in [0.1, 0.15) is 0 Å². The molecule has 2 aromatic rings. The Kier molecular flexibility index (Phi) is 6.58. The second-order valence-electron chi connectivity index (χ2n) is 4.39. The molecular weight excluding hydrogens is 240 g/mol. The van der Waals surface area contributed by atoms with E-state index in [9.17, 15) is 0 Å². The van der Waals surface area contributed by atoms with E-state index in [1.165, 1.54) is 0 Å². The van der Waals surface area contributed by atoms with E-state index < -0.39 is 8.07 Å². The molecule has 0 fully saturated rings. The van der Waals surface area contributed by atoms with E-state index in [4.69, 9.17) is 0 Å². The van der Waals surface area contributed by atoms with Gasteiger partial charge in [0.25, 0.3) is 0 Å². The molecule has 2 heteroatoms. The topological polar surface area (TPSA) is 0 Å². The van der Waals surface area contributed by atoms with Crippen LogP contribution in [0.25, 0.3) is 0 Å². The van der Waals surface area contributed by atoms with E-state index in [0.29, 0.717) is 0 Å². The van der Waals surface area contributed by atoms with Crippen molar-refractivity contribution in [1.82, 2.24) is 0 Å². The maximum Gasteiger partial charge on any atom is 2.00 e. The van der Waals surface area contributed by atoms with E-state index in [-0.39, 0.29) is 17.1 Å². The van der Waals surface area contributed by atoms with Crippen molar-refractivity contribution in [3.63, 3.8) is 0 Å². The molecule has 0 heterocycles. The molecule has 0 aliphatic carbocycles. The van der Waals surface area contributed by atoms with Gasteiger partial charge >= 0.3 is 17.1 Å². The molecule has 0 amide bonds. The first-order valence-electron chi connectivity index (χ1n) is 4.99. The quantitative estimate of drug-likeness (QED) is 0.543. The van der Waals surface area contributed by atoms with Crippen molar-refractivity contribution in [2.24, 2.45) is 0 Å². The van der Waals surface area contributed by atoms with Gasteiger partial charge < -0.3 is 0 Å². The molecule has 0 aliphatic heterocycles. The fourth-order valence-corrected chi connectivity index (χ4v) is 2.39. The Labute approximate surface area is 105 Å². The summed E-state index contributed by atoms with van der Waals surface area (Å²) in [6.07, 6.45) is 0. The van der Waals surface area contributed by atoms with Crippen molar-refractivity contribution >= 4 is 13.3 Å². The zero-order chi connectivity index (χ0) is 10.4. The standard InChI is InChI=1S/C8H13Si.C5H5.Fe/c1-9(2,3)8-6-4-5-7-8;1-2-4-5-3-1;/h4-7H,1-3H3;1-5H;/q2*-1;+2. The molecule has 0 aliphatic rings. The Balaban J connectivity index is 0.000000280. The fraction of sp³-hybridized carbons (Fsp3) is 0.231. The van der Waals surface area contributed by atoms with E-state index in [1.54, 1.807) is 5.19 Å². The molecule has 0 aromatic heterocycles. The predicted octanol–water partition coefficient (Wildman–Crippen LogP) is 3.35. The second kappa shape index (κ2) is 6.84. The van der Waals surface area contributed by atoms with E-state index in [1.807, 2.05) is 30.3 Å². The third-order valence-corrected chi connectivity index (χ3v) is 4.15. The summed E-state index contributed by atoms with van der Waals surface area (Å²) in [4.78, 5) is 0. The van der Waals surface area contributed by atoms with Gasteiger partial charge in [-0.25, -0.2) is 24.3 Å². The van der Waals surface area contributed by atoms with Crippen molar-refractivity contribution in [1.29, 1.82) is 0 Å². The van der Waals surface area contributed by atoms with E-state index >= 15 is 0 Å². The molecule has 0 N–H and O–H groups in total. The van der Waals surface area contributed by atoms with Gasteiger partial charge in [-0.3, -0.25) is 0 Å². The number of rotatable bonds is 1. The van der Waals surface area contributed by atoms with Gasteiger partial charge in [0.2, 0.25) is 0 Å². The Hall–Kier alpha value is -0.564. The third kappa shape index (κ3) is 5.78. The van der Waals surface area contributed by atoms with Crippen LogP contribution in [0.5, 0.6) is 0 Å². The SMILES string of the molecule is C[Si](C)(C)c1ccc[cH-]1.[Fe+2].c1cc[cH-]c1. The van der Waals surface area contributed by atoms with Gasteiger partial charge in [-0.15, -0.1) is 0 Å². The Bertz CT molecular complexity index is 297. The van der Waals surface area contributed by atoms with Crippen molar-refractivity contribution in [3.05, 3.63) is 54.6 Å². The largest absolute Gasteiger partial charge is 2.00 e. The van der Waals surface area contributed by atoms with Crippen molar-refractivity contribution in [2.45, 2.75) is 19.6 Å². The summed E-state index contributed by atoms with van der Waals surface area (Å²) >= 11 is 0. The van der Waals surface area contributed by atoms with Crippen LogP contribution in [-0.4, -0.2) is 8.07 Å². The Morgan fingerprint density at radius 2 is 1.53 bits per heavy atom. The zero-order valence-corrected chi connectivity index (χ0v) is 11.7. The van der Waals surface area contributed by atoms with Crippen LogP contribution in [0.4, 0.5) is 0 Å². The molecule has 0 spiro atoms. The maximum absolute atomic E-state index is 2.36. The first kappa shape index (κ1) is 14.4. The summed E-state index contributed by atoms with van der Waals surface area (Å²) in [5.74, 6) is 0. The molecule has 0 saturated heterocycles. The summed E-state index contributed by atoms with van der Waals surface area (Å²) in [5.41, 5.74) is 0. The first-order valence-corrected chi connectivity index (χ1v) is 8.49. The predicted molar refractivity (Wildman–Crippen MR) is 67.1 cm³/mol. The second-order valence-corrected chi connectivity index (χ2v) is 9.46. The minimum absolute atomic E-state index is 0. The van der Waals surface area contributed by atoms with Crippen molar-refractivity contribution in [2.75, 3.05) is 0 Å². The summed E-state index contributed by atoms with van der Waals surface area (Å²) in [5, 5.41) is 1.56. The van der Waals surface area contributed by atoms with Gasteiger partial charge in [0, 0.05) is 0 Å². The van der Waals surface area contributed by atoms with Crippen LogP contribution < -0.4 is 5.19 Å². The molecule has 0 unspecified atom stereocenters. The molecule has 82 valence electrons.